The number of amides is 3. The van der Waals surface area contributed by atoms with E-state index >= 15 is 0 Å². The highest BCUT2D eigenvalue weighted by atomic mass is 35.5. The highest BCUT2D eigenvalue weighted by Gasteiger charge is 2.36. The molecule has 4 rings (SSSR count). The monoisotopic (exact) mass is 484 g/mol. The molecule has 0 saturated carbocycles. The fourth-order valence-electron chi connectivity index (χ4n) is 3.55. The number of nitrogens with one attached hydrogen (secondary N) is 1. The van der Waals surface area contributed by atoms with Gasteiger partial charge in [-0.15, -0.1) is 0 Å². The fraction of sp³-hybridized carbons (Fsp3) is 0.476. The van der Waals surface area contributed by atoms with Gasteiger partial charge in [0.25, 0.3) is 5.91 Å². The molecule has 1 atom stereocenters. The first-order valence-corrected chi connectivity index (χ1v) is 10.7. The number of anilines is 1. The molecule has 0 spiro atoms. The standard InChI is InChI=1S/C18H18ClF2N5O3.C3H9N/c1-9-5-14-10(16-17(27)24(2)29-4-3-26(16)23-14)8-25(9)18(28)22-15-6-11(19)12(20)7-13(15)21;1-4(2)3/h6-7,9H,3-5,8H2,1-2H3,(H,22,28);1-3H3/t9-;/m1./s1. The van der Waals surface area contributed by atoms with Crippen molar-refractivity contribution in [2.24, 2.45) is 0 Å². The van der Waals surface area contributed by atoms with Crippen molar-refractivity contribution < 1.29 is 23.2 Å². The minimum atomic E-state index is -0.932. The Bertz CT molecular complexity index is 1060. The van der Waals surface area contributed by atoms with Crippen LogP contribution >= 0.6 is 11.6 Å². The quantitative estimate of drug-likeness (QED) is 0.629. The minimum Gasteiger partial charge on any atom is -0.317 e. The number of hydrogen-bond donors (Lipinski definition) is 1. The van der Waals surface area contributed by atoms with Gasteiger partial charge in [-0.25, -0.2) is 18.6 Å². The summed E-state index contributed by atoms with van der Waals surface area (Å²) in [5, 5.41) is 7.79. The zero-order valence-corrected chi connectivity index (χ0v) is 19.9. The second kappa shape index (κ2) is 10.0. The SMILES string of the molecule is CN(C)C.C[C@@H]1Cc2nn3c(c2CN1C(=O)Nc1cc(Cl)c(F)cc1F)C(=O)N(C)OCC3. The van der Waals surface area contributed by atoms with Gasteiger partial charge in [0.05, 0.1) is 36.1 Å². The Labute approximate surface area is 195 Å². The molecule has 0 saturated heterocycles. The number of rotatable bonds is 1. The minimum absolute atomic E-state index is 0.119. The lowest BCUT2D eigenvalue weighted by Crippen LogP contribution is -2.45. The summed E-state index contributed by atoms with van der Waals surface area (Å²) in [4.78, 5) is 34.2. The maximum Gasteiger partial charge on any atom is 0.322 e. The summed E-state index contributed by atoms with van der Waals surface area (Å²) in [5.74, 6) is -2.19. The number of nitrogens with zero attached hydrogens (tertiary/aromatic N) is 5. The highest BCUT2D eigenvalue weighted by molar-refractivity contribution is 6.31. The molecule has 33 heavy (non-hydrogen) atoms. The molecule has 0 aliphatic carbocycles. The van der Waals surface area contributed by atoms with Crippen molar-refractivity contribution in [1.29, 1.82) is 0 Å². The van der Waals surface area contributed by atoms with Crippen LogP contribution < -0.4 is 5.32 Å². The first-order chi connectivity index (χ1) is 15.5. The van der Waals surface area contributed by atoms with Crippen molar-refractivity contribution >= 4 is 29.2 Å². The predicted octanol–water partition coefficient (Wildman–Crippen LogP) is 2.99. The molecule has 3 heterocycles. The van der Waals surface area contributed by atoms with Crippen LogP contribution in [0.15, 0.2) is 12.1 Å². The molecular weight excluding hydrogens is 458 g/mol. The van der Waals surface area contributed by atoms with E-state index in [1.54, 1.807) is 4.68 Å². The summed E-state index contributed by atoms with van der Waals surface area (Å²) in [6.07, 6.45) is 0.438. The lowest BCUT2D eigenvalue weighted by atomic mass is 9.99. The van der Waals surface area contributed by atoms with Crippen LogP contribution in [0.3, 0.4) is 0 Å². The lowest BCUT2D eigenvalue weighted by Gasteiger charge is -2.33. The van der Waals surface area contributed by atoms with Gasteiger partial charge >= 0.3 is 6.03 Å². The van der Waals surface area contributed by atoms with Gasteiger partial charge in [0, 0.05) is 31.1 Å². The summed E-state index contributed by atoms with van der Waals surface area (Å²) in [6, 6.07) is 0.799. The number of carbonyl (C=O) groups excluding carboxylic acids is 2. The summed E-state index contributed by atoms with van der Waals surface area (Å²) in [7, 11) is 7.52. The molecule has 0 bridgehead atoms. The average molecular weight is 485 g/mol. The Morgan fingerprint density at radius 1 is 1.27 bits per heavy atom. The molecule has 3 amide bonds. The van der Waals surface area contributed by atoms with Crippen LogP contribution in [-0.2, 0) is 24.3 Å². The Morgan fingerprint density at radius 3 is 2.61 bits per heavy atom. The third-order valence-electron chi connectivity index (χ3n) is 5.07. The number of hydrogen-bond acceptors (Lipinski definition) is 5. The van der Waals surface area contributed by atoms with Crippen LogP contribution in [0, 0.1) is 11.6 Å². The van der Waals surface area contributed by atoms with Gasteiger partial charge in [-0.3, -0.25) is 14.3 Å². The summed E-state index contributed by atoms with van der Waals surface area (Å²) < 4.78 is 29.0. The third kappa shape index (κ3) is 5.43. The van der Waals surface area contributed by atoms with Crippen molar-refractivity contribution in [3.05, 3.63) is 45.7 Å². The van der Waals surface area contributed by atoms with E-state index < -0.39 is 17.7 Å². The maximum atomic E-state index is 14.0. The molecule has 180 valence electrons. The van der Waals surface area contributed by atoms with Crippen LogP contribution in [0.2, 0.25) is 5.02 Å². The average Bonchev–Trinajstić information content (AvgIpc) is 3.00. The molecule has 0 fully saturated rings. The Hall–Kier alpha value is -2.76. The summed E-state index contributed by atoms with van der Waals surface area (Å²) in [6.45, 7) is 2.67. The van der Waals surface area contributed by atoms with Crippen LogP contribution in [0.1, 0.15) is 28.7 Å². The van der Waals surface area contributed by atoms with Crippen LogP contribution in [0.4, 0.5) is 19.3 Å². The summed E-state index contributed by atoms with van der Waals surface area (Å²) in [5.41, 5.74) is 1.53. The number of fused-ring (bicyclic) bond motifs is 3. The maximum absolute atomic E-state index is 14.0. The van der Waals surface area contributed by atoms with Crippen LogP contribution in [0.25, 0.3) is 0 Å². The summed E-state index contributed by atoms with van der Waals surface area (Å²) >= 11 is 5.69. The lowest BCUT2D eigenvalue weighted by molar-refractivity contribution is -0.103. The molecule has 2 aromatic rings. The molecule has 1 aromatic carbocycles. The van der Waals surface area contributed by atoms with Gasteiger partial charge in [-0.05, 0) is 34.1 Å². The van der Waals surface area contributed by atoms with Gasteiger partial charge in [-0.2, -0.15) is 5.10 Å². The number of carbonyl (C=O) groups is 2. The largest absolute Gasteiger partial charge is 0.322 e. The number of benzene rings is 1. The van der Waals surface area contributed by atoms with E-state index in [2.05, 4.69) is 10.4 Å². The molecule has 2 aliphatic rings. The van der Waals surface area contributed by atoms with Crippen LogP contribution in [-0.4, -0.2) is 77.4 Å². The van der Waals surface area contributed by atoms with Gasteiger partial charge < -0.3 is 15.1 Å². The van der Waals surface area contributed by atoms with Crippen molar-refractivity contribution in [1.82, 2.24) is 24.6 Å². The zero-order valence-electron chi connectivity index (χ0n) is 19.2. The molecule has 1 N–H and O–H groups in total. The van der Waals surface area contributed by atoms with Gasteiger partial charge in [0.1, 0.15) is 17.3 Å². The zero-order chi connectivity index (χ0) is 24.4. The first-order valence-electron chi connectivity index (χ1n) is 10.3. The fourth-order valence-corrected chi connectivity index (χ4v) is 3.71. The van der Waals surface area contributed by atoms with E-state index in [1.165, 1.54) is 11.9 Å². The molecule has 9 nitrogen and oxygen atoms in total. The highest BCUT2D eigenvalue weighted by Crippen LogP contribution is 2.29. The normalized spacial score (nSPS) is 17.7. The van der Waals surface area contributed by atoms with E-state index in [9.17, 15) is 18.4 Å². The number of halogens is 3. The van der Waals surface area contributed by atoms with E-state index in [1.807, 2.05) is 33.0 Å². The van der Waals surface area contributed by atoms with E-state index in [0.29, 0.717) is 36.9 Å². The molecular formula is C21H27ClF2N6O3. The van der Waals surface area contributed by atoms with Crippen molar-refractivity contribution in [2.75, 3.05) is 40.1 Å². The number of hydroxylamine groups is 2. The third-order valence-corrected chi connectivity index (χ3v) is 5.36. The van der Waals surface area contributed by atoms with E-state index in [0.717, 1.165) is 16.8 Å². The van der Waals surface area contributed by atoms with Crippen molar-refractivity contribution in [3.63, 3.8) is 0 Å². The van der Waals surface area contributed by atoms with E-state index in [-0.39, 0.29) is 29.2 Å². The van der Waals surface area contributed by atoms with Gasteiger partial charge in [0.2, 0.25) is 0 Å². The number of urea groups is 1. The Balaban J connectivity index is 0.000000709. The smallest absolute Gasteiger partial charge is 0.317 e. The molecule has 0 radical (unpaired) electrons. The molecule has 0 unspecified atom stereocenters. The van der Waals surface area contributed by atoms with Gasteiger partial charge in [-0.1, -0.05) is 11.6 Å². The topological polar surface area (TPSA) is 82.9 Å². The van der Waals surface area contributed by atoms with Crippen molar-refractivity contribution in [2.45, 2.75) is 32.5 Å². The molecule has 2 aliphatic heterocycles. The van der Waals surface area contributed by atoms with Crippen molar-refractivity contribution in [3.8, 4) is 0 Å². The Kier molecular flexibility index (Phi) is 7.55. The molecule has 1 aromatic heterocycles. The second-order valence-electron chi connectivity index (χ2n) is 8.33. The number of aromatic nitrogens is 2. The van der Waals surface area contributed by atoms with Gasteiger partial charge in [0.15, 0.2) is 0 Å². The van der Waals surface area contributed by atoms with Crippen LogP contribution in [0.5, 0.6) is 0 Å². The predicted molar refractivity (Wildman–Crippen MR) is 119 cm³/mol. The first kappa shape index (κ1) is 24.9. The Morgan fingerprint density at radius 2 is 1.94 bits per heavy atom. The molecule has 12 heteroatoms. The van der Waals surface area contributed by atoms with E-state index in [4.69, 9.17) is 16.4 Å². The second-order valence-corrected chi connectivity index (χ2v) is 8.74.